The zero-order valence-corrected chi connectivity index (χ0v) is 18.2. The van der Waals surface area contributed by atoms with E-state index >= 15 is 0 Å². The Morgan fingerprint density at radius 3 is 2.37 bits per heavy atom. The van der Waals surface area contributed by atoms with E-state index in [4.69, 9.17) is 0 Å². The largest absolute Gasteiger partial charge is 0.356 e. The Morgan fingerprint density at radius 2 is 1.70 bits per heavy atom. The van der Waals surface area contributed by atoms with E-state index in [9.17, 15) is 14.4 Å². The number of amides is 2. The van der Waals surface area contributed by atoms with E-state index in [1.165, 1.54) is 17.7 Å². The van der Waals surface area contributed by atoms with Crippen LogP contribution in [0.25, 0.3) is 10.8 Å². The van der Waals surface area contributed by atoms with Crippen molar-refractivity contribution >= 4 is 28.4 Å². The molecule has 2 aromatic rings. The molecule has 2 N–H and O–H groups in total. The fourth-order valence-corrected chi connectivity index (χ4v) is 4.42. The van der Waals surface area contributed by atoms with E-state index < -0.39 is 6.04 Å². The summed E-state index contributed by atoms with van der Waals surface area (Å²) in [4.78, 5) is 36.2. The maximum Gasteiger partial charge on any atom is 0.223 e. The highest BCUT2D eigenvalue weighted by atomic mass is 16.2. The molecule has 0 aliphatic heterocycles. The Bertz CT molecular complexity index is 929. The maximum absolute atomic E-state index is 12.8. The average molecular weight is 409 g/mol. The molecule has 160 valence electrons. The van der Waals surface area contributed by atoms with Gasteiger partial charge >= 0.3 is 0 Å². The summed E-state index contributed by atoms with van der Waals surface area (Å²) in [5.41, 5.74) is 2.25. The number of rotatable bonds is 7. The zero-order valence-electron chi connectivity index (χ0n) is 18.2. The summed E-state index contributed by atoms with van der Waals surface area (Å²) in [6.07, 6.45) is 3.96. The third kappa shape index (κ3) is 5.47. The predicted molar refractivity (Wildman–Crippen MR) is 119 cm³/mol. The molecular formula is C25H32N2O3. The van der Waals surface area contributed by atoms with Gasteiger partial charge in [-0.3, -0.25) is 14.4 Å². The van der Waals surface area contributed by atoms with Gasteiger partial charge in [0.1, 0.15) is 0 Å². The minimum absolute atomic E-state index is 0.0110. The molecule has 0 heterocycles. The normalized spacial score (nSPS) is 19.8. The molecule has 2 aromatic carbocycles. The molecular weight excluding hydrogens is 376 g/mol. The minimum atomic E-state index is -0.505. The van der Waals surface area contributed by atoms with Crippen LogP contribution in [0.2, 0.25) is 0 Å². The molecule has 1 unspecified atom stereocenters. The molecule has 5 nitrogen and oxygen atoms in total. The lowest BCUT2D eigenvalue weighted by molar-refractivity contribution is -0.130. The highest BCUT2D eigenvalue weighted by Crippen LogP contribution is 2.29. The Balaban J connectivity index is 1.61. The molecule has 0 spiro atoms. The van der Waals surface area contributed by atoms with Gasteiger partial charge in [0.25, 0.3) is 0 Å². The van der Waals surface area contributed by atoms with E-state index in [0.29, 0.717) is 18.9 Å². The second kappa shape index (κ2) is 9.88. The van der Waals surface area contributed by atoms with Crippen LogP contribution in [0.3, 0.4) is 0 Å². The van der Waals surface area contributed by atoms with E-state index in [2.05, 4.69) is 41.8 Å². The van der Waals surface area contributed by atoms with Gasteiger partial charge in [0.15, 0.2) is 5.78 Å². The first-order valence-corrected chi connectivity index (χ1v) is 10.9. The Kier molecular flexibility index (Phi) is 7.24. The summed E-state index contributed by atoms with van der Waals surface area (Å²) in [5, 5.41) is 8.24. The van der Waals surface area contributed by atoms with Gasteiger partial charge in [0, 0.05) is 25.8 Å². The molecule has 3 rings (SSSR count). The number of hydrogen-bond acceptors (Lipinski definition) is 3. The van der Waals surface area contributed by atoms with Crippen molar-refractivity contribution in [3.05, 3.63) is 47.5 Å². The number of aryl methyl sites for hydroxylation is 1. The van der Waals surface area contributed by atoms with Gasteiger partial charge in [-0.2, -0.15) is 0 Å². The maximum atomic E-state index is 12.8. The standard InChI is InChI=1S/C25H32N2O3/c1-16-22(13-12-20-6-4-5-7-23(16)20)14-24(17(2)28)27-25(30)21-10-8-19(9-11-21)15-26-18(3)29/h4-7,12-13,19,21,24H,8-11,14-15H2,1-3H3,(H,26,29)(H,27,30). The summed E-state index contributed by atoms with van der Waals surface area (Å²) in [6, 6.07) is 11.8. The van der Waals surface area contributed by atoms with Gasteiger partial charge in [-0.25, -0.2) is 0 Å². The van der Waals surface area contributed by atoms with Crippen LogP contribution < -0.4 is 10.6 Å². The van der Waals surface area contributed by atoms with E-state index in [-0.39, 0.29) is 23.5 Å². The van der Waals surface area contributed by atoms with Crippen molar-refractivity contribution in [3.63, 3.8) is 0 Å². The number of carbonyl (C=O) groups is 3. The fourth-order valence-electron chi connectivity index (χ4n) is 4.42. The lowest BCUT2D eigenvalue weighted by Gasteiger charge is -2.29. The van der Waals surface area contributed by atoms with Crippen LogP contribution in [0.1, 0.15) is 50.7 Å². The number of nitrogens with one attached hydrogen (secondary N) is 2. The van der Waals surface area contributed by atoms with Gasteiger partial charge < -0.3 is 10.6 Å². The molecule has 0 bridgehead atoms. The van der Waals surface area contributed by atoms with Crippen molar-refractivity contribution in [2.75, 3.05) is 6.54 Å². The lowest BCUT2D eigenvalue weighted by Crippen LogP contribution is -2.45. The van der Waals surface area contributed by atoms with Crippen molar-refractivity contribution in [1.29, 1.82) is 0 Å². The molecule has 30 heavy (non-hydrogen) atoms. The molecule has 1 fully saturated rings. The van der Waals surface area contributed by atoms with Gasteiger partial charge in [-0.1, -0.05) is 36.4 Å². The third-order valence-corrected chi connectivity index (χ3v) is 6.40. The number of benzene rings is 2. The zero-order chi connectivity index (χ0) is 21.7. The highest BCUT2D eigenvalue weighted by Gasteiger charge is 2.29. The van der Waals surface area contributed by atoms with Crippen molar-refractivity contribution in [1.82, 2.24) is 10.6 Å². The Labute approximate surface area is 178 Å². The molecule has 0 saturated heterocycles. The van der Waals surface area contributed by atoms with Crippen molar-refractivity contribution < 1.29 is 14.4 Å². The molecule has 1 saturated carbocycles. The smallest absolute Gasteiger partial charge is 0.223 e. The van der Waals surface area contributed by atoms with Crippen LogP contribution in [0.15, 0.2) is 36.4 Å². The summed E-state index contributed by atoms with van der Waals surface area (Å²) in [6.45, 7) is 5.83. The fraction of sp³-hybridized carbons (Fsp3) is 0.480. The topological polar surface area (TPSA) is 75.3 Å². The average Bonchev–Trinajstić information content (AvgIpc) is 2.74. The number of carbonyl (C=O) groups excluding carboxylic acids is 3. The van der Waals surface area contributed by atoms with Crippen LogP contribution in [-0.4, -0.2) is 30.2 Å². The van der Waals surface area contributed by atoms with Crippen molar-refractivity contribution in [2.45, 2.75) is 58.9 Å². The molecule has 0 aromatic heterocycles. The molecule has 1 aliphatic carbocycles. The first-order chi connectivity index (χ1) is 14.3. The third-order valence-electron chi connectivity index (χ3n) is 6.40. The van der Waals surface area contributed by atoms with Crippen LogP contribution in [-0.2, 0) is 20.8 Å². The highest BCUT2D eigenvalue weighted by molar-refractivity contribution is 5.90. The van der Waals surface area contributed by atoms with Gasteiger partial charge in [0.2, 0.25) is 11.8 Å². The SMILES string of the molecule is CC(=O)NCC1CCC(C(=O)NC(Cc2ccc3ccccc3c2C)C(C)=O)CC1. The quantitative estimate of drug-likeness (QED) is 0.733. The molecule has 5 heteroatoms. The number of fused-ring (bicyclic) bond motifs is 1. The number of hydrogen-bond donors (Lipinski definition) is 2. The van der Waals surface area contributed by atoms with Crippen LogP contribution in [0, 0.1) is 18.8 Å². The Hall–Kier alpha value is -2.69. The number of ketones is 1. The van der Waals surface area contributed by atoms with E-state index in [0.717, 1.165) is 36.8 Å². The summed E-state index contributed by atoms with van der Waals surface area (Å²) >= 11 is 0. The summed E-state index contributed by atoms with van der Waals surface area (Å²) in [5.74, 6) is 0.324. The van der Waals surface area contributed by atoms with Crippen LogP contribution >= 0.6 is 0 Å². The summed E-state index contributed by atoms with van der Waals surface area (Å²) in [7, 11) is 0. The number of Topliss-reactive ketones (excluding diaryl/α,β-unsaturated/α-hetero) is 1. The first kappa shape index (κ1) is 22.0. The Morgan fingerprint density at radius 1 is 1.00 bits per heavy atom. The first-order valence-electron chi connectivity index (χ1n) is 10.9. The lowest BCUT2D eigenvalue weighted by atomic mass is 9.81. The van der Waals surface area contributed by atoms with Crippen LogP contribution in [0.4, 0.5) is 0 Å². The van der Waals surface area contributed by atoms with Gasteiger partial charge in [0.05, 0.1) is 6.04 Å². The van der Waals surface area contributed by atoms with Crippen LogP contribution in [0.5, 0.6) is 0 Å². The van der Waals surface area contributed by atoms with E-state index in [1.807, 2.05) is 12.1 Å². The summed E-state index contributed by atoms with van der Waals surface area (Å²) < 4.78 is 0. The van der Waals surface area contributed by atoms with Crippen molar-refractivity contribution in [2.24, 2.45) is 11.8 Å². The van der Waals surface area contributed by atoms with Crippen molar-refractivity contribution in [3.8, 4) is 0 Å². The van der Waals surface area contributed by atoms with Gasteiger partial charge in [-0.05, 0) is 67.3 Å². The van der Waals surface area contributed by atoms with Gasteiger partial charge in [-0.15, -0.1) is 0 Å². The molecule has 0 radical (unpaired) electrons. The second-order valence-corrected chi connectivity index (χ2v) is 8.60. The predicted octanol–water partition coefficient (Wildman–Crippen LogP) is 3.71. The monoisotopic (exact) mass is 408 g/mol. The molecule has 2 amide bonds. The second-order valence-electron chi connectivity index (χ2n) is 8.60. The minimum Gasteiger partial charge on any atom is -0.356 e. The van der Waals surface area contributed by atoms with E-state index in [1.54, 1.807) is 6.92 Å². The molecule has 1 atom stereocenters. The molecule has 1 aliphatic rings.